The summed E-state index contributed by atoms with van der Waals surface area (Å²) in [5, 5.41) is 0.604. The van der Waals surface area contributed by atoms with Gasteiger partial charge >= 0.3 is 11.9 Å². The summed E-state index contributed by atoms with van der Waals surface area (Å²) in [4.78, 5) is 29.3. The first-order valence-corrected chi connectivity index (χ1v) is 12.5. The van der Waals surface area contributed by atoms with Crippen LogP contribution in [-0.2, 0) is 14.3 Å². The monoisotopic (exact) mass is 663 g/mol. The highest BCUT2D eigenvalue weighted by molar-refractivity contribution is 9.11. The molecule has 170 valence electrons. The Bertz CT molecular complexity index is 1360. The van der Waals surface area contributed by atoms with Crippen molar-refractivity contribution in [2.75, 3.05) is 0 Å². The first-order valence-electron chi connectivity index (χ1n) is 9.71. The van der Waals surface area contributed by atoms with E-state index in [1.807, 2.05) is 12.1 Å². The van der Waals surface area contributed by atoms with Crippen LogP contribution in [0.25, 0.3) is 12.2 Å². The number of ether oxygens (including phenoxy) is 2. The topological polar surface area (TPSA) is 65.0 Å². The number of hydrogen-bond donors (Lipinski definition) is 0. The van der Waals surface area contributed by atoms with Crippen molar-refractivity contribution in [3.63, 3.8) is 0 Å². The number of cyclic esters (lactones) is 1. The fourth-order valence-corrected chi connectivity index (χ4v) is 4.67. The molecule has 0 radical (unpaired) electrons. The lowest BCUT2D eigenvalue weighted by atomic mass is 10.1. The third kappa shape index (κ3) is 6.13. The molecule has 0 saturated heterocycles. The highest BCUT2D eigenvalue weighted by Crippen LogP contribution is 2.35. The van der Waals surface area contributed by atoms with E-state index >= 15 is 0 Å². The molecule has 1 heterocycles. The summed E-state index contributed by atoms with van der Waals surface area (Å²) in [5.74, 6) is -0.761. The minimum Gasteiger partial charge on any atom is -0.422 e. The SMILES string of the molecule is O=C(/C=C/c1ccc(Cl)cc1)Oc1c(Br)cc(Br)cc1/C=C1\N=C(c2ccc(Br)cc2)OC1=O. The second-order valence-corrected chi connectivity index (χ2v) is 10.1. The molecule has 0 aliphatic carbocycles. The molecule has 3 aromatic carbocycles. The van der Waals surface area contributed by atoms with Crippen LogP contribution >= 0.6 is 59.4 Å². The average molecular weight is 667 g/mol. The van der Waals surface area contributed by atoms with Crippen LogP contribution in [0.2, 0.25) is 5.02 Å². The molecule has 1 aliphatic heterocycles. The van der Waals surface area contributed by atoms with Gasteiger partial charge < -0.3 is 9.47 Å². The van der Waals surface area contributed by atoms with Crippen LogP contribution in [0, 0.1) is 0 Å². The fourth-order valence-electron chi connectivity index (χ4n) is 2.94. The van der Waals surface area contributed by atoms with Crippen molar-refractivity contribution >= 4 is 89.4 Å². The molecule has 34 heavy (non-hydrogen) atoms. The molecule has 0 spiro atoms. The summed E-state index contributed by atoms with van der Waals surface area (Å²) in [6.07, 6.45) is 4.43. The number of nitrogens with zero attached hydrogens (tertiary/aromatic N) is 1. The van der Waals surface area contributed by atoms with Gasteiger partial charge in [0.15, 0.2) is 11.4 Å². The third-order valence-electron chi connectivity index (χ3n) is 4.53. The Morgan fingerprint density at radius 3 is 2.38 bits per heavy atom. The maximum absolute atomic E-state index is 12.5. The van der Waals surface area contributed by atoms with Crippen LogP contribution in [0.5, 0.6) is 5.75 Å². The maximum Gasteiger partial charge on any atom is 0.363 e. The van der Waals surface area contributed by atoms with Gasteiger partial charge in [-0.1, -0.05) is 55.6 Å². The lowest BCUT2D eigenvalue weighted by Crippen LogP contribution is -2.06. The number of esters is 2. The molecular formula is C25H13Br3ClNO4. The van der Waals surface area contributed by atoms with Gasteiger partial charge in [-0.3, -0.25) is 0 Å². The van der Waals surface area contributed by atoms with Gasteiger partial charge in [0.25, 0.3) is 0 Å². The van der Waals surface area contributed by atoms with E-state index in [0.717, 1.165) is 10.0 Å². The lowest BCUT2D eigenvalue weighted by Gasteiger charge is -2.09. The molecule has 9 heteroatoms. The van der Waals surface area contributed by atoms with Crippen molar-refractivity contribution in [2.24, 2.45) is 4.99 Å². The first kappa shape index (κ1) is 24.6. The summed E-state index contributed by atoms with van der Waals surface area (Å²) in [5.41, 5.74) is 2.00. The quantitative estimate of drug-likeness (QED) is 0.160. The summed E-state index contributed by atoms with van der Waals surface area (Å²) in [6, 6.07) is 17.7. The van der Waals surface area contributed by atoms with Gasteiger partial charge in [0, 0.05) is 31.2 Å². The lowest BCUT2D eigenvalue weighted by molar-refractivity contribution is -0.130. The molecule has 0 saturated carbocycles. The smallest absolute Gasteiger partial charge is 0.363 e. The van der Waals surface area contributed by atoms with Crippen molar-refractivity contribution in [3.8, 4) is 5.75 Å². The van der Waals surface area contributed by atoms with Gasteiger partial charge in [0.05, 0.1) is 4.47 Å². The zero-order chi connectivity index (χ0) is 24.2. The van der Waals surface area contributed by atoms with Crippen molar-refractivity contribution < 1.29 is 19.1 Å². The summed E-state index contributed by atoms with van der Waals surface area (Å²) < 4.78 is 13.0. The third-order valence-corrected chi connectivity index (χ3v) is 6.35. The van der Waals surface area contributed by atoms with Crippen LogP contribution < -0.4 is 4.74 Å². The van der Waals surface area contributed by atoms with Crippen molar-refractivity contribution in [1.82, 2.24) is 0 Å². The van der Waals surface area contributed by atoms with Crippen molar-refractivity contribution in [3.05, 3.63) is 108 Å². The van der Waals surface area contributed by atoms with E-state index in [2.05, 4.69) is 52.8 Å². The number of carbonyl (C=O) groups is 2. The van der Waals surface area contributed by atoms with Crippen LogP contribution in [0.3, 0.4) is 0 Å². The molecule has 1 aliphatic rings. The van der Waals surface area contributed by atoms with E-state index in [1.165, 1.54) is 12.2 Å². The van der Waals surface area contributed by atoms with Gasteiger partial charge in [-0.2, -0.15) is 0 Å². The Morgan fingerprint density at radius 1 is 0.971 bits per heavy atom. The minimum absolute atomic E-state index is 0.0805. The Hall–Kier alpha value is -2.52. The van der Waals surface area contributed by atoms with E-state index in [0.29, 0.717) is 25.1 Å². The number of benzene rings is 3. The van der Waals surface area contributed by atoms with Gasteiger partial charge in [0.2, 0.25) is 5.90 Å². The number of rotatable bonds is 5. The highest BCUT2D eigenvalue weighted by Gasteiger charge is 2.25. The number of halogens is 4. The van der Waals surface area contributed by atoms with Crippen LogP contribution in [-0.4, -0.2) is 17.8 Å². The largest absolute Gasteiger partial charge is 0.422 e. The van der Waals surface area contributed by atoms with Gasteiger partial charge in [-0.25, -0.2) is 14.6 Å². The van der Waals surface area contributed by atoms with E-state index in [4.69, 9.17) is 21.1 Å². The van der Waals surface area contributed by atoms with Crippen LogP contribution in [0.15, 0.2) is 90.8 Å². The van der Waals surface area contributed by atoms with E-state index in [9.17, 15) is 9.59 Å². The summed E-state index contributed by atoms with van der Waals surface area (Å²) in [6.45, 7) is 0. The molecule has 0 N–H and O–H groups in total. The molecule has 0 fully saturated rings. The molecule has 0 bridgehead atoms. The molecule has 5 nitrogen and oxygen atoms in total. The minimum atomic E-state index is -0.603. The second kappa shape index (κ2) is 10.8. The van der Waals surface area contributed by atoms with Gasteiger partial charge in [-0.05, 0) is 82.2 Å². The summed E-state index contributed by atoms with van der Waals surface area (Å²) >= 11 is 16.1. The molecule has 4 rings (SSSR count). The second-order valence-electron chi connectivity index (χ2n) is 6.95. The summed E-state index contributed by atoms with van der Waals surface area (Å²) in [7, 11) is 0. The molecule has 3 aromatic rings. The number of aliphatic imine (C=N–C) groups is 1. The van der Waals surface area contributed by atoms with Crippen LogP contribution in [0.4, 0.5) is 0 Å². The maximum atomic E-state index is 12.5. The average Bonchev–Trinajstić information content (AvgIpc) is 3.16. The Kier molecular flexibility index (Phi) is 7.83. The van der Waals surface area contributed by atoms with E-state index < -0.39 is 11.9 Å². The Labute approximate surface area is 225 Å². The first-order chi connectivity index (χ1) is 16.3. The van der Waals surface area contributed by atoms with Gasteiger partial charge in [0.1, 0.15) is 0 Å². The fraction of sp³-hybridized carbons (Fsp3) is 0. The normalized spacial score (nSPS) is 14.4. The van der Waals surface area contributed by atoms with E-state index in [-0.39, 0.29) is 17.3 Å². The van der Waals surface area contributed by atoms with E-state index in [1.54, 1.807) is 54.6 Å². The molecule has 0 atom stereocenters. The molecular weight excluding hydrogens is 653 g/mol. The van der Waals surface area contributed by atoms with Crippen LogP contribution in [0.1, 0.15) is 16.7 Å². The Morgan fingerprint density at radius 2 is 1.68 bits per heavy atom. The zero-order valence-electron chi connectivity index (χ0n) is 17.1. The van der Waals surface area contributed by atoms with Crippen molar-refractivity contribution in [1.29, 1.82) is 0 Å². The number of carbonyl (C=O) groups excluding carboxylic acids is 2. The van der Waals surface area contributed by atoms with Gasteiger partial charge in [-0.15, -0.1) is 0 Å². The molecule has 0 aromatic heterocycles. The molecule has 0 amide bonds. The predicted octanol–water partition coefficient (Wildman–Crippen LogP) is 7.59. The number of hydrogen-bond acceptors (Lipinski definition) is 5. The zero-order valence-corrected chi connectivity index (χ0v) is 22.6. The molecule has 0 unspecified atom stereocenters. The highest BCUT2D eigenvalue weighted by atomic mass is 79.9. The standard InChI is InChI=1S/C25H13Br3ClNO4/c26-17-6-4-15(5-7-17)24-30-21(25(32)34-24)12-16-11-18(27)13-20(28)23(16)33-22(31)10-3-14-1-8-19(29)9-2-14/h1-13H/b10-3+,21-12-. The Balaban J connectivity index is 1.62. The predicted molar refractivity (Wildman–Crippen MR) is 143 cm³/mol. The van der Waals surface area contributed by atoms with Crippen molar-refractivity contribution in [2.45, 2.75) is 0 Å².